The average Bonchev–Trinajstić information content (AvgIpc) is 2.47. The molecule has 0 saturated carbocycles. The van der Waals surface area contributed by atoms with Crippen LogP contribution in [0.1, 0.15) is 36.0 Å². The van der Waals surface area contributed by atoms with Crippen LogP contribution in [0.2, 0.25) is 5.02 Å². The largest absolute Gasteiger partial charge is 0.370 e. The molecule has 2 aliphatic heterocycles. The molecule has 3 N–H and O–H groups in total. The van der Waals surface area contributed by atoms with Crippen LogP contribution in [0.5, 0.6) is 0 Å². The Balaban J connectivity index is 1.90. The van der Waals surface area contributed by atoms with Gasteiger partial charge in [0.25, 0.3) is 5.91 Å². The maximum Gasteiger partial charge on any atom is 0.252 e. The Hall–Kier alpha value is -1.26. The number of piperidine rings is 2. The molecule has 0 aromatic heterocycles. The molecule has 1 aromatic rings. The molecule has 114 valence electrons. The summed E-state index contributed by atoms with van der Waals surface area (Å²) < 4.78 is 0. The molecular weight excluding hydrogens is 286 g/mol. The minimum Gasteiger partial charge on any atom is -0.370 e. The highest BCUT2D eigenvalue weighted by atomic mass is 35.5. The summed E-state index contributed by atoms with van der Waals surface area (Å²) in [6, 6.07) is 5.58. The standard InChI is InChI=1S/C16H22ClN3O/c17-12-4-1-5-13(14(12)15(18)21)20-9-3-7-16(11-20)6-2-8-19-10-16/h1,4-5,19H,2-3,6-11H2,(H2,18,21). The minimum atomic E-state index is -0.447. The summed E-state index contributed by atoms with van der Waals surface area (Å²) in [7, 11) is 0. The van der Waals surface area contributed by atoms with Crippen molar-refractivity contribution in [3.8, 4) is 0 Å². The molecule has 21 heavy (non-hydrogen) atoms. The zero-order chi connectivity index (χ0) is 14.9. The highest BCUT2D eigenvalue weighted by molar-refractivity contribution is 6.34. The second kappa shape index (κ2) is 5.85. The molecule has 0 bridgehead atoms. The molecule has 0 radical (unpaired) electrons. The number of carbonyl (C=O) groups is 1. The number of nitrogens with zero attached hydrogens (tertiary/aromatic N) is 1. The van der Waals surface area contributed by atoms with Gasteiger partial charge in [-0.1, -0.05) is 17.7 Å². The van der Waals surface area contributed by atoms with Crippen molar-refractivity contribution in [2.24, 2.45) is 11.1 Å². The van der Waals surface area contributed by atoms with E-state index < -0.39 is 5.91 Å². The molecule has 1 aromatic carbocycles. The van der Waals surface area contributed by atoms with Crippen molar-refractivity contribution >= 4 is 23.2 Å². The van der Waals surface area contributed by atoms with E-state index in [1.165, 1.54) is 19.3 Å². The van der Waals surface area contributed by atoms with Gasteiger partial charge in [0.15, 0.2) is 0 Å². The van der Waals surface area contributed by atoms with Crippen LogP contribution in [-0.4, -0.2) is 32.1 Å². The maximum atomic E-state index is 11.8. The van der Waals surface area contributed by atoms with E-state index in [9.17, 15) is 4.79 Å². The second-order valence-electron chi connectivity index (χ2n) is 6.30. The number of nitrogens with one attached hydrogen (secondary N) is 1. The minimum absolute atomic E-state index is 0.327. The highest BCUT2D eigenvalue weighted by Gasteiger charge is 2.37. The molecule has 1 spiro atoms. The molecular formula is C16H22ClN3O. The van der Waals surface area contributed by atoms with Crippen molar-refractivity contribution in [3.63, 3.8) is 0 Å². The lowest BCUT2D eigenvalue weighted by Gasteiger charge is -2.46. The van der Waals surface area contributed by atoms with Crippen molar-refractivity contribution in [3.05, 3.63) is 28.8 Å². The van der Waals surface area contributed by atoms with E-state index in [-0.39, 0.29) is 0 Å². The number of rotatable bonds is 2. The van der Waals surface area contributed by atoms with Crippen LogP contribution in [0.15, 0.2) is 18.2 Å². The Morgan fingerprint density at radius 1 is 1.33 bits per heavy atom. The van der Waals surface area contributed by atoms with E-state index in [0.717, 1.165) is 38.3 Å². The first-order valence-corrected chi connectivity index (χ1v) is 8.03. The number of nitrogens with two attached hydrogens (primary N) is 1. The van der Waals surface area contributed by atoms with Crippen LogP contribution in [-0.2, 0) is 0 Å². The van der Waals surface area contributed by atoms with E-state index in [1.807, 2.05) is 12.1 Å². The lowest BCUT2D eigenvalue weighted by molar-refractivity contribution is 0.1000. The van der Waals surface area contributed by atoms with Gasteiger partial charge in [0.1, 0.15) is 0 Å². The number of anilines is 1. The van der Waals surface area contributed by atoms with Gasteiger partial charge >= 0.3 is 0 Å². The van der Waals surface area contributed by atoms with Gasteiger partial charge in [-0.15, -0.1) is 0 Å². The first-order valence-electron chi connectivity index (χ1n) is 7.65. The Morgan fingerprint density at radius 2 is 2.14 bits per heavy atom. The van der Waals surface area contributed by atoms with Crippen LogP contribution in [0, 0.1) is 5.41 Å². The van der Waals surface area contributed by atoms with Crippen molar-refractivity contribution in [2.45, 2.75) is 25.7 Å². The molecule has 5 heteroatoms. The first-order chi connectivity index (χ1) is 10.1. The Bertz CT molecular complexity index is 535. The van der Waals surface area contributed by atoms with Gasteiger partial charge in [0, 0.05) is 25.0 Å². The quantitative estimate of drug-likeness (QED) is 0.882. The molecule has 0 aliphatic carbocycles. The third kappa shape index (κ3) is 2.87. The van der Waals surface area contributed by atoms with Crippen LogP contribution in [0.3, 0.4) is 0 Å². The van der Waals surface area contributed by atoms with Crippen LogP contribution in [0.25, 0.3) is 0 Å². The zero-order valence-electron chi connectivity index (χ0n) is 12.2. The number of halogens is 1. The number of carbonyl (C=O) groups excluding carboxylic acids is 1. The third-order valence-electron chi connectivity index (χ3n) is 4.80. The topological polar surface area (TPSA) is 58.4 Å². The first kappa shape index (κ1) is 14.7. The number of hydrogen-bond acceptors (Lipinski definition) is 3. The smallest absolute Gasteiger partial charge is 0.252 e. The molecule has 1 amide bonds. The van der Waals surface area contributed by atoms with Gasteiger partial charge in [-0.3, -0.25) is 4.79 Å². The summed E-state index contributed by atoms with van der Waals surface area (Å²) in [5.74, 6) is -0.447. The molecule has 1 unspecified atom stereocenters. The molecule has 2 aliphatic rings. The SMILES string of the molecule is NC(=O)c1c(Cl)cccc1N1CCCC2(CCCNC2)C1. The van der Waals surface area contributed by atoms with Crippen molar-refractivity contribution < 1.29 is 4.79 Å². The monoisotopic (exact) mass is 307 g/mol. The summed E-state index contributed by atoms with van der Waals surface area (Å²) in [5, 5.41) is 3.97. The average molecular weight is 308 g/mol. The summed E-state index contributed by atoms with van der Waals surface area (Å²) >= 11 is 6.18. The van der Waals surface area contributed by atoms with Gasteiger partial charge in [-0.2, -0.15) is 0 Å². The zero-order valence-corrected chi connectivity index (χ0v) is 13.0. The van der Waals surface area contributed by atoms with E-state index >= 15 is 0 Å². The summed E-state index contributed by atoms with van der Waals surface area (Å²) in [6.07, 6.45) is 4.88. The third-order valence-corrected chi connectivity index (χ3v) is 5.12. The normalized spacial score (nSPS) is 26.0. The Morgan fingerprint density at radius 3 is 2.86 bits per heavy atom. The lowest BCUT2D eigenvalue weighted by atomic mass is 9.74. The van der Waals surface area contributed by atoms with Gasteiger partial charge in [0.05, 0.1) is 16.3 Å². The molecule has 3 rings (SSSR count). The van der Waals surface area contributed by atoms with E-state index in [1.54, 1.807) is 6.07 Å². The number of amides is 1. The molecule has 1 atom stereocenters. The van der Waals surface area contributed by atoms with E-state index in [0.29, 0.717) is 16.0 Å². The van der Waals surface area contributed by atoms with Gasteiger partial charge < -0.3 is 16.0 Å². The lowest BCUT2D eigenvalue weighted by Crippen LogP contribution is -2.51. The van der Waals surface area contributed by atoms with Crippen LogP contribution >= 0.6 is 11.6 Å². The predicted octanol–water partition coefficient (Wildman–Crippen LogP) is 2.41. The highest BCUT2D eigenvalue weighted by Crippen LogP contribution is 2.39. The Labute approximate surface area is 130 Å². The van der Waals surface area contributed by atoms with Crippen molar-refractivity contribution in [2.75, 3.05) is 31.1 Å². The molecule has 4 nitrogen and oxygen atoms in total. The molecule has 2 saturated heterocycles. The van der Waals surface area contributed by atoms with Gasteiger partial charge in [-0.05, 0) is 44.4 Å². The van der Waals surface area contributed by atoms with E-state index in [4.69, 9.17) is 17.3 Å². The maximum absolute atomic E-state index is 11.8. The fourth-order valence-electron chi connectivity index (χ4n) is 3.81. The summed E-state index contributed by atoms with van der Waals surface area (Å²) in [4.78, 5) is 14.0. The number of primary amides is 1. The van der Waals surface area contributed by atoms with Crippen LogP contribution < -0.4 is 16.0 Å². The fourth-order valence-corrected chi connectivity index (χ4v) is 4.08. The molecule has 2 heterocycles. The number of hydrogen-bond donors (Lipinski definition) is 2. The van der Waals surface area contributed by atoms with Gasteiger partial charge in [0.2, 0.25) is 0 Å². The Kier molecular flexibility index (Phi) is 4.09. The number of benzene rings is 1. The second-order valence-corrected chi connectivity index (χ2v) is 6.71. The molecule has 2 fully saturated rings. The summed E-state index contributed by atoms with van der Waals surface area (Å²) in [6.45, 7) is 4.12. The fraction of sp³-hybridized carbons (Fsp3) is 0.562. The van der Waals surface area contributed by atoms with Crippen molar-refractivity contribution in [1.29, 1.82) is 0 Å². The predicted molar refractivity (Wildman–Crippen MR) is 86.0 cm³/mol. The summed E-state index contributed by atoms with van der Waals surface area (Å²) in [5.41, 5.74) is 7.20. The van der Waals surface area contributed by atoms with Gasteiger partial charge in [-0.25, -0.2) is 0 Å². The van der Waals surface area contributed by atoms with E-state index in [2.05, 4.69) is 10.2 Å². The van der Waals surface area contributed by atoms with Crippen molar-refractivity contribution in [1.82, 2.24) is 5.32 Å². The van der Waals surface area contributed by atoms with Crippen LogP contribution in [0.4, 0.5) is 5.69 Å².